The van der Waals surface area contributed by atoms with Crippen LogP contribution < -0.4 is 0 Å². The number of carbonyl (C=O) groups is 2. The molecule has 0 fully saturated rings. The second kappa shape index (κ2) is 54.7. The molecule has 0 saturated heterocycles. The molecule has 0 radical (unpaired) electrons. The number of hydrogen-bond donors (Lipinski definition) is 0. The molecule has 5 nitrogen and oxygen atoms in total. The van der Waals surface area contributed by atoms with E-state index in [9.17, 15) is 9.59 Å². The largest absolute Gasteiger partial charge is 0.462 e. The molecule has 0 aromatic carbocycles. The molecule has 0 amide bonds. The molecular weight excluding hydrogens is 789 g/mol. The van der Waals surface area contributed by atoms with Crippen LogP contribution >= 0.6 is 0 Å². The summed E-state index contributed by atoms with van der Waals surface area (Å²) in [7, 11) is 0. The minimum absolute atomic E-state index is 0.0697. The van der Waals surface area contributed by atoms with Gasteiger partial charge >= 0.3 is 11.9 Å². The molecule has 1 atom stereocenters. The Kier molecular flexibility index (Phi) is 52.4. The highest BCUT2D eigenvalue weighted by atomic mass is 16.6. The second-order valence-corrected chi connectivity index (χ2v) is 18.1. The number of esters is 2. The van der Waals surface area contributed by atoms with Gasteiger partial charge in [-0.2, -0.15) is 0 Å². The second-order valence-electron chi connectivity index (χ2n) is 18.1. The van der Waals surface area contributed by atoms with Crippen LogP contribution in [-0.4, -0.2) is 37.9 Å². The number of rotatable bonds is 50. The minimum atomic E-state index is -0.554. The van der Waals surface area contributed by atoms with Gasteiger partial charge in [0.05, 0.1) is 6.61 Å². The van der Waals surface area contributed by atoms with Crippen molar-refractivity contribution in [3.8, 4) is 0 Å². The van der Waals surface area contributed by atoms with Crippen molar-refractivity contribution < 1.29 is 23.8 Å². The fraction of sp³-hybridized carbons (Fsp3) is 0.763. The van der Waals surface area contributed by atoms with E-state index >= 15 is 0 Å². The SMILES string of the molecule is CCC/C=C\C/C=C\CCCCCCCC(=O)OC(COCCCCCCCCC/C=C\C/C=C\C/C=C\CCCCC)COC(=O)CCCCCCC/C=C\CCCCCCCC. The normalized spacial score (nSPS) is 12.7. The zero-order valence-electron chi connectivity index (χ0n) is 42.5. The summed E-state index contributed by atoms with van der Waals surface area (Å²) in [6.07, 6.45) is 70.5. The van der Waals surface area contributed by atoms with Gasteiger partial charge in [-0.15, -0.1) is 0 Å². The summed E-state index contributed by atoms with van der Waals surface area (Å²) < 4.78 is 17.4. The number of hydrogen-bond acceptors (Lipinski definition) is 5. The molecule has 0 spiro atoms. The molecular formula is C59H104O5. The quantitative estimate of drug-likeness (QED) is 0.0346. The molecule has 0 aliphatic carbocycles. The van der Waals surface area contributed by atoms with Crippen LogP contribution in [0.3, 0.4) is 0 Å². The van der Waals surface area contributed by atoms with Crippen LogP contribution in [0.5, 0.6) is 0 Å². The molecule has 5 heteroatoms. The summed E-state index contributed by atoms with van der Waals surface area (Å²) >= 11 is 0. The maximum atomic E-state index is 12.8. The Bertz CT molecular complexity index is 1150. The van der Waals surface area contributed by atoms with E-state index in [4.69, 9.17) is 14.2 Å². The van der Waals surface area contributed by atoms with E-state index < -0.39 is 6.10 Å². The van der Waals surface area contributed by atoms with Gasteiger partial charge in [0.15, 0.2) is 6.10 Å². The van der Waals surface area contributed by atoms with Crippen molar-refractivity contribution in [2.45, 2.75) is 271 Å². The predicted molar refractivity (Wildman–Crippen MR) is 279 cm³/mol. The monoisotopic (exact) mass is 893 g/mol. The van der Waals surface area contributed by atoms with Gasteiger partial charge in [-0.05, 0) is 109 Å². The first-order valence-corrected chi connectivity index (χ1v) is 27.5. The standard InChI is InChI=1S/C59H104O5/c1-4-7-10-13-16-19-22-25-27-28-29-30-31-33-36-39-42-45-48-51-54-62-55-57(64-59(61)53-50-47-44-41-38-34-24-21-18-15-12-9-6-3)56-63-58(60)52-49-46-43-40-37-35-32-26-23-20-17-14-11-8-5-2/h12,15-16,19,21,24-27,29-30,32,57H,4-11,13-14,17-18,20,22-23,28,31,33-56H2,1-3H3/b15-12-,19-16-,24-21-,27-25-,30-29-,32-26-. The third-order valence-corrected chi connectivity index (χ3v) is 11.7. The Labute approximate surface area is 397 Å². The van der Waals surface area contributed by atoms with Crippen LogP contribution in [0.2, 0.25) is 0 Å². The van der Waals surface area contributed by atoms with Gasteiger partial charge in [-0.25, -0.2) is 0 Å². The van der Waals surface area contributed by atoms with Crippen LogP contribution in [0, 0.1) is 0 Å². The Morgan fingerprint density at radius 1 is 0.344 bits per heavy atom. The van der Waals surface area contributed by atoms with Gasteiger partial charge in [0, 0.05) is 19.4 Å². The van der Waals surface area contributed by atoms with Gasteiger partial charge in [0.25, 0.3) is 0 Å². The molecule has 0 aromatic heterocycles. The summed E-state index contributed by atoms with van der Waals surface area (Å²) in [4.78, 5) is 25.4. The number of carbonyl (C=O) groups excluding carboxylic acids is 2. The van der Waals surface area contributed by atoms with Crippen molar-refractivity contribution in [3.63, 3.8) is 0 Å². The molecule has 64 heavy (non-hydrogen) atoms. The molecule has 0 aliphatic heterocycles. The molecule has 0 aliphatic rings. The number of ether oxygens (including phenoxy) is 3. The van der Waals surface area contributed by atoms with E-state index in [-0.39, 0.29) is 25.2 Å². The van der Waals surface area contributed by atoms with Crippen LogP contribution in [-0.2, 0) is 23.8 Å². The molecule has 0 aromatic rings. The molecule has 0 bridgehead atoms. The molecule has 0 heterocycles. The number of allylic oxidation sites excluding steroid dienone is 12. The van der Waals surface area contributed by atoms with Crippen LogP contribution in [0.4, 0.5) is 0 Å². The smallest absolute Gasteiger partial charge is 0.306 e. The Balaban J connectivity index is 4.29. The summed E-state index contributed by atoms with van der Waals surface area (Å²) in [5.74, 6) is -0.425. The van der Waals surface area contributed by atoms with Crippen LogP contribution in [0.1, 0.15) is 265 Å². The van der Waals surface area contributed by atoms with Crippen LogP contribution in [0.15, 0.2) is 72.9 Å². The lowest BCUT2D eigenvalue weighted by molar-refractivity contribution is -0.163. The third-order valence-electron chi connectivity index (χ3n) is 11.7. The van der Waals surface area contributed by atoms with Crippen molar-refractivity contribution in [3.05, 3.63) is 72.9 Å². The molecule has 1 unspecified atom stereocenters. The van der Waals surface area contributed by atoms with Crippen LogP contribution in [0.25, 0.3) is 0 Å². The van der Waals surface area contributed by atoms with E-state index in [1.165, 1.54) is 141 Å². The van der Waals surface area contributed by atoms with Gasteiger partial charge in [-0.3, -0.25) is 9.59 Å². The maximum absolute atomic E-state index is 12.8. The first-order chi connectivity index (χ1) is 31.6. The van der Waals surface area contributed by atoms with Crippen molar-refractivity contribution >= 4 is 11.9 Å². The molecule has 370 valence electrons. The first kappa shape index (κ1) is 61.3. The number of unbranched alkanes of at least 4 members (excludes halogenated alkanes) is 27. The summed E-state index contributed by atoms with van der Waals surface area (Å²) in [6, 6.07) is 0. The zero-order valence-corrected chi connectivity index (χ0v) is 42.5. The highest BCUT2D eigenvalue weighted by Gasteiger charge is 2.17. The van der Waals surface area contributed by atoms with Gasteiger partial charge in [0.2, 0.25) is 0 Å². The molecule has 0 N–H and O–H groups in total. The molecule has 0 saturated carbocycles. The summed E-state index contributed by atoms with van der Waals surface area (Å²) in [5.41, 5.74) is 0. The zero-order chi connectivity index (χ0) is 46.3. The van der Waals surface area contributed by atoms with Gasteiger partial charge < -0.3 is 14.2 Å². The van der Waals surface area contributed by atoms with Gasteiger partial charge in [0.1, 0.15) is 6.61 Å². The minimum Gasteiger partial charge on any atom is -0.462 e. The van der Waals surface area contributed by atoms with Crippen molar-refractivity contribution in [1.29, 1.82) is 0 Å². The summed E-state index contributed by atoms with van der Waals surface area (Å²) in [5, 5.41) is 0. The van der Waals surface area contributed by atoms with E-state index in [1.54, 1.807) is 0 Å². The fourth-order valence-electron chi connectivity index (χ4n) is 7.55. The lowest BCUT2D eigenvalue weighted by atomic mass is 10.1. The first-order valence-electron chi connectivity index (χ1n) is 27.5. The van der Waals surface area contributed by atoms with E-state index in [2.05, 4.69) is 93.7 Å². The van der Waals surface area contributed by atoms with E-state index in [0.717, 1.165) is 89.9 Å². The average Bonchev–Trinajstić information content (AvgIpc) is 3.30. The lowest BCUT2D eigenvalue weighted by Gasteiger charge is -2.18. The average molecular weight is 893 g/mol. The topological polar surface area (TPSA) is 61.8 Å². The highest BCUT2D eigenvalue weighted by molar-refractivity contribution is 5.70. The van der Waals surface area contributed by atoms with Crippen molar-refractivity contribution in [1.82, 2.24) is 0 Å². The maximum Gasteiger partial charge on any atom is 0.306 e. The van der Waals surface area contributed by atoms with Crippen molar-refractivity contribution in [2.24, 2.45) is 0 Å². The third kappa shape index (κ3) is 52.0. The lowest BCUT2D eigenvalue weighted by Crippen LogP contribution is -2.30. The predicted octanol–water partition coefficient (Wildman–Crippen LogP) is 18.7. The Morgan fingerprint density at radius 3 is 1.16 bits per heavy atom. The van der Waals surface area contributed by atoms with E-state index in [1.807, 2.05) is 0 Å². The van der Waals surface area contributed by atoms with E-state index in [0.29, 0.717) is 19.4 Å². The highest BCUT2D eigenvalue weighted by Crippen LogP contribution is 2.14. The van der Waals surface area contributed by atoms with Crippen molar-refractivity contribution in [2.75, 3.05) is 19.8 Å². The fourth-order valence-corrected chi connectivity index (χ4v) is 7.55. The molecule has 0 rings (SSSR count). The Morgan fingerprint density at radius 2 is 0.688 bits per heavy atom. The van der Waals surface area contributed by atoms with Gasteiger partial charge in [-0.1, -0.05) is 216 Å². The summed E-state index contributed by atoms with van der Waals surface area (Å²) in [6.45, 7) is 7.70. The Hall–Kier alpha value is -2.66.